The number of nitrogens with zero attached hydrogens (tertiary/aromatic N) is 2. The molecule has 0 radical (unpaired) electrons. The third-order valence-corrected chi connectivity index (χ3v) is 3.97. The van der Waals surface area contributed by atoms with Crippen LogP contribution >= 0.6 is 0 Å². The predicted molar refractivity (Wildman–Crippen MR) is 107 cm³/mol. The van der Waals surface area contributed by atoms with E-state index in [1.807, 2.05) is 52.0 Å². The van der Waals surface area contributed by atoms with Crippen molar-refractivity contribution in [2.45, 2.75) is 39.8 Å². The summed E-state index contributed by atoms with van der Waals surface area (Å²) in [6, 6.07) is 12.5. The number of rotatable bonds is 4. The third-order valence-electron chi connectivity index (χ3n) is 3.97. The zero-order chi connectivity index (χ0) is 19.6. The maximum Gasteiger partial charge on any atom is 0.258 e. The van der Waals surface area contributed by atoms with E-state index < -0.39 is 0 Å². The van der Waals surface area contributed by atoms with Crippen LogP contribution in [0.5, 0.6) is 0 Å². The van der Waals surface area contributed by atoms with E-state index in [9.17, 15) is 9.59 Å². The summed E-state index contributed by atoms with van der Waals surface area (Å²) in [5.41, 5.74) is 3.38. The molecule has 27 heavy (non-hydrogen) atoms. The molecule has 0 fully saturated rings. The van der Waals surface area contributed by atoms with Crippen molar-refractivity contribution in [3.8, 4) is 0 Å². The number of carbonyl (C=O) groups is 1. The van der Waals surface area contributed by atoms with Crippen molar-refractivity contribution >= 4 is 17.2 Å². The molecule has 0 saturated carbocycles. The van der Waals surface area contributed by atoms with E-state index in [-0.39, 0.29) is 17.0 Å². The number of aromatic nitrogens is 2. The molecule has 0 aliphatic rings. The molecule has 1 aromatic carbocycles. The van der Waals surface area contributed by atoms with Crippen LogP contribution in [0, 0.1) is 6.92 Å². The molecule has 3 aromatic rings. The molecular weight excluding hydrogens is 340 g/mol. The first-order chi connectivity index (χ1) is 12.7. The molecular formula is C21H24N4O2. The number of aryl methyl sites for hydroxylation is 1. The van der Waals surface area contributed by atoms with Crippen molar-refractivity contribution in [2.75, 3.05) is 5.32 Å². The van der Waals surface area contributed by atoms with Crippen molar-refractivity contribution < 1.29 is 4.79 Å². The van der Waals surface area contributed by atoms with Crippen molar-refractivity contribution in [1.82, 2.24) is 14.7 Å². The SMILES string of the molecule is Cc1ccc2nc(CNc3ccc(C(=O)NC(C)(C)C)cc3)cc(=O)n2c1. The number of hydrogen-bond donors (Lipinski definition) is 2. The number of nitrogens with one attached hydrogen (secondary N) is 2. The zero-order valence-corrected chi connectivity index (χ0v) is 16.0. The molecule has 0 spiro atoms. The van der Waals surface area contributed by atoms with E-state index >= 15 is 0 Å². The summed E-state index contributed by atoms with van der Waals surface area (Å²) in [7, 11) is 0. The van der Waals surface area contributed by atoms with Crippen LogP contribution in [0.2, 0.25) is 0 Å². The van der Waals surface area contributed by atoms with Gasteiger partial charge < -0.3 is 10.6 Å². The number of hydrogen-bond acceptors (Lipinski definition) is 4. The maximum atomic E-state index is 12.2. The van der Waals surface area contributed by atoms with Crippen LogP contribution in [-0.2, 0) is 6.54 Å². The fourth-order valence-electron chi connectivity index (χ4n) is 2.69. The summed E-state index contributed by atoms with van der Waals surface area (Å²) in [5, 5.41) is 6.17. The second-order valence-electron chi connectivity index (χ2n) is 7.66. The van der Waals surface area contributed by atoms with Gasteiger partial charge in [0.05, 0.1) is 12.2 Å². The summed E-state index contributed by atoms with van der Waals surface area (Å²) in [4.78, 5) is 28.9. The Balaban J connectivity index is 1.70. The zero-order valence-electron chi connectivity index (χ0n) is 16.0. The van der Waals surface area contributed by atoms with Crippen LogP contribution < -0.4 is 16.2 Å². The van der Waals surface area contributed by atoms with Gasteiger partial charge in [-0.1, -0.05) is 6.07 Å². The van der Waals surface area contributed by atoms with Gasteiger partial charge in [-0.25, -0.2) is 4.98 Å². The standard InChI is InChI=1S/C21H24N4O2/c1-14-5-10-18-23-17(11-19(26)25(18)13-14)12-22-16-8-6-15(7-9-16)20(27)24-21(2,3)4/h5-11,13,22H,12H2,1-4H3,(H,24,27). The molecule has 0 aliphatic carbocycles. The van der Waals surface area contributed by atoms with Gasteiger partial charge in [0.25, 0.3) is 11.5 Å². The summed E-state index contributed by atoms with van der Waals surface area (Å²) in [6.45, 7) is 8.20. The van der Waals surface area contributed by atoms with Crippen LogP contribution in [-0.4, -0.2) is 20.8 Å². The van der Waals surface area contributed by atoms with E-state index in [0.29, 0.717) is 23.4 Å². The quantitative estimate of drug-likeness (QED) is 0.746. The minimum absolute atomic E-state index is 0.102. The van der Waals surface area contributed by atoms with Crippen LogP contribution in [0.25, 0.3) is 5.65 Å². The predicted octanol–water partition coefficient (Wildman–Crippen LogP) is 3.14. The first-order valence-corrected chi connectivity index (χ1v) is 8.87. The van der Waals surface area contributed by atoms with E-state index in [1.54, 1.807) is 22.7 Å². The highest BCUT2D eigenvalue weighted by molar-refractivity contribution is 5.94. The van der Waals surface area contributed by atoms with Crippen molar-refractivity contribution in [3.05, 3.63) is 75.8 Å². The Kier molecular flexibility index (Phi) is 4.99. The highest BCUT2D eigenvalue weighted by Crippen LogP contribution is 2.12. The second-order valence-corrected chi connectivity index (χ2v) is 7.66. The van der Waals surface area contributed by atoms with Gasteiger partial charge >= 0.3 is 0 Å². The summed E-state index contributed by atoms with van der Waals surface area (Å²) < 4.78 is 1.54. The van der Waals surface area contributed by atoms with Gasteiger partial charge in [0.15, 0.2) is 0 Å². The number of fused-ring (bicyclic) bond motifs is 1. The van der Waals surface area contributed by atoms with E-state index in [1.165, 1.54) is 6.07 Å². The topological polar surface area (TPSA) is 75.5 Å². The Morgan fingerprint density at radius 1 is 1.11 bits per heavy atom. The molecule has 6 heteroatoms. The van der Waals surface area contributed by atoms with E-state index in [2.05, 4.69) is 15.6 Å². The number of carbonyl (C=O) groups excluding carboxylic acids is 1. The van der Waals surface area contributed by atoms with Crippen LogP contribution in [0.15, 0.2) is 53.5 Å². The van der Waals surface area contributed by atoms with Crippen LogP contribution in [0.1, 0.15) is 42.4 Å². The van der Waals surface area contributed by atoms with Gasteiger partial charge in [0, 0.05) is 29.1 Å². The first kappa shape index (κ1) is 18.6. The monoisotopic (exact) mass is 364 g/mol. The van der Waals surface area contributed by atoms with Crippen molar-refractivity contribution in [2.24, 2.45) is 0 Å². The largest absolute Gasteiger partial charge is 0.379 e. The molecule has 0 aliphatic heterocycles. The summed E-state index contributed by atoms with van der Waals surface area (Å²) >= 11 is 0. The summed E-state index contributed by atoms with van der Waals surface area (Å²) in [5.74, 6) is -0.103. The Labute approximate surface area is 158 Å². The molecule has 0 atom stereocenters. The Bertz CT molecular complexity index is 1030. The molecule has 0 bridgehead atoms. The number of pyridine rings is 1. The highest BCUT2D eigenvalue weighted by atomic mass is 16.1. The fourth-order valence-corrected chi connectivity index (χ4v) is 2.69. The molecule has 140 valence electrons. The van der Waals surface area contributed by atoms with Gasteiger partial charge in [-0.15, -0.1) is 0 Å². The molecule has 6 nitrogen and oxygen atoms in total. The lowest BCUT2D eigenvalue weighted by molar-refractivity contribution is 0.0919. The molecule has 1 amide bonds. The van der Waals surface area contributed by atoms with Crippen molar-refractivity contribution in [1.29, 1.82) is 0 Å². The maximum absolute atomic E-state index is 12.2. The average Bonchev–Trinajstić information content (AvgIpc) is 2.59. The minimum atomic E-state index is -0.275. The lowest BCUT2D eigenvalue weighted by atomic mass is 10.1. The van der Waals surface area contributed by atoms with Gasteiger partial charge in [-0.2, -0.15) is 0 Å². The lowest BCUT2D eigenvalue weighted by Gasteiger charge is -2.20. The molecule has 0 unspecified atom stereocenters. The number of anilines is 1. The van der Waals surface area contributed by atoms with Gasteiger partial charge in [0.1, 0.15) is 5.65 Å². The fraction of sp³-hybridized carbons (Fsp3) is 0.286. The Morgan fingerprint density at radius 2 is 1.81 bits per heavy atom. The number of amides is 1. The minimum Gasteiger partial charge on any atom is -0.379 e. The first-order valence-electron chi connectivity index (χ1n) is 8.87. The van der Waals surface area contributed by atoms with Gasteiger partial charge in [-0.05, 0) is 63.6 Å². The summed E-state index contributed by atoms with van der Waals surface area (Å²) in [6.07, 6.45) is 1.78. The van der Waals surface area contributed by atoms with Gasteiger partial charge in [-0.3, -0.25) is 14.0 Å². The Morgan fingerprint density at radius 3 is 2.48 bits per heavy atom. The van der Waals surface area contributed by atoms with E-state index in [4.69, 9.17) is 0 Å². The normalized spacial score (nSPS) is 11.4. The molecule has 3 rings (SSSR count). The lowest BCUT2D eigenvalue weighted by Crippen LogP contribution is -2.40. The van der Waals surface area contributed by atoms with Crippen LogP contribution in [0.3, 0.4) is 0 Å². The van der Waals surface area contributed by atoms with E-state index in [0.717, 1.165) is 11.3 Å². The second kappa shape index (κ2) is 7.23. The average molecular weight is 364 g/mol. The molecule has 2 heterocycles. The third kappa shape index (κ3) is 4.73. The number of benzene rings is 1. The molecule has 0 saturated heterocycles. The highest BCUT2D eigenvalue weighted by Gasteiger charge is 2.15. The van der Waals surface area contributed by atoms with Gasteiger partial charge in [0.2, 0.25) is 0 Å². The van der Waals surface area contributed by atoms with Crippen molar-refractivity contribution in [3.63, 3.8) is 0 Å². The molecule has 2 N–H and O–H groups in total. The van der Waals surface area contributed by atoms with Crippen LogP contribution in [0.4, 0.5) is 5.69 Å². The smallest absolute Gasteiger partial charge is 0.258 e. The molecule has 2 aromatic heterocycles. The Hall–Kier alpha value is -3.15.